The van der Waals surface area contributed by atoms with Crippen molar-refractivity contribution in [2.45, 2.75) is 13.5 Å². The third-order valence-electron chi connectivity index (χ3n) is 3.61. The lowest BCUT2D eigenvalue weighted by Crippen LogP contribution is -2.19. The molecule has 3 rings (SSSR count). The topological polar surface area (TPSA) is 41.9 Å². The van der Waals surface area contributed by atoms with Gasteiger partial charge in [-0.3, -0.25) is 4.68 Å². The van der Waals surface area contributed by atoms with Crippen LogP contribution in [0, 0.1) is 12.7 Å². The second-order valence-corrected chi connectivity index (χ2v) is 5.82. The van der Waals surface area contributed by atoms with Crippen LogP contribution in [0.1, 0.15) is 11.1 Å². The Kier molecular flexibility index (Phi) is 4.86. The summed E-state index contributed by atoms with van der Waals surface area (Å²) in [4.78, 5) is 0. The minimum atomic E-state index is -0.350. The molecule has 1 aromatic heterocycles. The van der Waals surface area contributed by atoms with Gasteiger partial charge in [0.1, 0.15) is 5.82 Å². The van der Waals surface area contributed by atoms with Crippen LogP contribution in [0.15, 0.2) is 60.9 Å². The van der Waals surface area contributed by atoms with E-state index in [4.69, 9.17) is 12.2 Å². The molecular formula is C18H17FN4S. The number of nitrogens with one attached hydrogen (secondary N) is 2. The number of rotatable bonds is 4. The summed E-state index contributed by atoms with van der Waals surface area (Å²) < 4.78 is 15.4. The van der Waals surface area contributed by atoms with Crippen LogP contribution in [0.5, 0.6) is 0 Å². The molecule has 0 aliphatic carbocycles. The molecule has 0 amide bonds. The number of hydrogen-bond acceptors (Lipinski definition) is 2. The van der Waals surface area contributed by atoms with Crippen LogP contribution in [0.4, 0.5) is 15.8 Å². The van der Waals surface area contributed by atoms with E-state index >= 15 is 0 Å². The molecule has 0 atom stereocenters. The van der Waals surface area contributed by atoms with Crippen molar-refractivity contribution >= 4 is 28.7 Å². The van der Waals surface area contributed by atoms with Gasteiger partial charge in [-0.05, 0) is 42.4 Å². The van der Waals surface area contributed by atoms with E-state index in [-0.39, 0.29) is 5.82 Å². The average molecular weight is 340 g/mol. The SMILES string of the molecule is Cc1ccccc1Cn1cc(NC(=S)Nc2ccccc2F)cn1. The number of benzene rings is 2. The van der Waals surface area contributed by atoms with Gasteiger partial charge in [0.15, 0.2) is 5.11 Å². The summed E-state index contributed by atoms with van der Waals surface area (Å²) in [6, 6.07) is 14.6. The lowest BCUT2D eigenvalue weighted by molar-refractivity contribution is 0.632. The van der Waals surface area contributed by atoms with Gasteiger partial charge in [0.25, 0.3) is 0 Å². The molecule has 0 saturated heterocycles. The first kappa shape index (κ1) is 16.1. The lowest BCUT2D eigenvalue weighted by Gasteiger charge is -2.09. The highest BCUT2D eigenvalue weighted by Crippen LogP contribution is 2.14. The maximum atomic E-state index is 13.6. The predicted molar refractivity (Wildman–Crippen MR) is 98.8 cm³/mol. The van der Waals surface area contributed by atoms with E-state index in [1.165, 1.54) is 17.2 Å². The van der Waals surface area contributed by atoms with Crippen molar-refractivity contribution in [3.05, 3.63) is 77.9 Å². The number of aryl methyl sites for hydroxylation is 1. The lowest BCUT2D eigenvalue weighted by atomic mass is 10.1. The van der Waals surface area contributed by atoms with E-state index in [0.29, 0.717) is 17.3 Å². The first-order chi connectivity index (χ1) is 11.6. The van der Waals surface area contributed by atoms with Crippen LogP contribution in [0.3, 0.4) is 0 Å². The highest BCUT2D eigenvalue weighted by molar-refractivity contribution is 7.80. The highest BCUT2D eigenvalue weighted by atomic mass is 32.1. The quantitative estimate of drug-likeness (QED) is 0.699. The highest BCUT2D eigenvalue weighted by Gasteiger charge is 2.06. The molecule has 0 aliphatic rings. The third-order valence-corrected chi connectivity index (χ3v) is 3.81. The number of nitrogens with zero attached hydrogens (tertiary/aromatic N) is 2. The molecule has 3 aromatic rings. The van der Waals surface area contributed by atoms with Crippen LogP contribution in [-0.2, 0) is 6.54 Å². The second-order valence-electron chi connectivity index (χ2n) is 5.41. The monoisotopic (exact) mass is 340 g/mol. The van der Waals surface area contributed by atoms with E-state index in [1.807, 2.05) is 23.0 Å². The van der Waals surface area contributed by atoms with Crippen LogP contribution in [-0.4, -0.2) is 14.9 Å². The Morgan fingerprint density at radius 3 is 2.67 bits per heavy atom. The molecule has 122 valence electrons. The smallest absolute Gasteiger partial charge is 0.175 e. The predicted octanol–water partition coefficient (Wildman–Crippen LogP) is 4.19. The van der Waals surface area contributed by atoms with Gasteiger partial charge in [-0.15, -0.1) is 0 Å². The van der Waals surface area contributed by atoms with Crippen LogP contribution in [0.25, 0.3) is 0 Å². The molecular weight excluding hydrogens is 323 g/mol. The van der Waals surface area contributed by atoms with Crippen molar-refractivity contribution in [1.29, 1.82) is 0 Å². The van der Waals surface area contributed by atoms with Gasteiger partial charge >= 0.3 is 0 Å². The van der Waals surface area contributed by atoms with Crippen molar-refractivity contribution in [2.75, 3.05) is 10.6 Å². The Bertz CT molecular complexity index is 859. The molecule has 1 heterocycles. The zero-order valence-electron chi connectivity index (χ0n) is 13.2. The molecule has 0 bridgehead atoms. The number of halogens is 1. The minimum absolute atomic E-state index is 0.315. The maximum absolute atomic E-state index is 13.6. The number of thiocarbonyl (C=S) groups is 1. The van der Waals surface area contributed by atoms with Gasteiger partial charge in [-0.25, -0.2) is 4.39 Å². The van der Waals surface area contributed by atoms with E-state index in [9.17, 15) is 4.39 Å². The van der Waals surface area contributed by atoms with E-state index in [2.05, 4.69) is 34.8 Å². The van der Waals surface area contributed by atoms with Crippen molar-refractivity contribution < 1.29 is 4.39 Å². The Balaban J connectivity index is 1.63. The van der Waals surface area contributed by atoms with Gasteiger partial charge in [0.2, 0.25) is 0 Å². The summed E-state index contributed by atoms with van der Waals surface area (Å²) in [5.41, 5.74) is 3.51. The van der Waals surface area contributed by atoms with E-state index < -0.39 is 0 Å². The molecule has 0 spiro atoms. The zero-order chi connectivity index (χ0) is 16.9. The molecule has 4 nitrogen and oxygen atoms in total. The molecule has 6 heteroatoms. The molecule has 0 aliphatic heterocycles. The molecule has 2 N–H and O–H groups in total. The Hall–Kier alpha value is -2.73. The van der Waals surface area contributed by atoms with Gasteiger partial charge in [-0.1, -0.05) is 36.4 Å². The number of aromatic nitrogens is 2. The van der Waals surface area contributed by atoms with Crippen molar-refractivity contribution in [3.8, 4) is 0 Å². The van der Waals surface area contributed by atoms with E-state index in [1.54, 1.807) is 24.4 Å². The van der Waals surface area contributed by atoms with Crippen LogP contribution < -0.4 is 10.6 Å². The summed E-state index contributed by atoms with van der Waals surface area (Å²) in [5.74, 6) is -0.350. The third kappa shape index (κ3) is 3.97. The largest absolute Gasteiger partial charge is 0.330 e. The molecule has 0 fully saturated rings. The van der Waals surface area contributed by atoms with Crippen LogP contribution in [0.2, 0.25) is 0 Å². The van der Waals surface area contributed by atoms with Crippen LogP contribution >= 0.6 is 12.2 Å². The van der Waals surface area contributed by atoms with E-state index in [0.717, 1.165) is 5.69 Å². The van der Waals surface area contributed by atoms with Gasteiger partial charge < -0.3 is 10.6 Å². The minimum Gasteiger partial charge on any atom is -0.330 e. The number of para-hydroxylation sites is 1. The first-order valence-electron chi connectivity index (χ1n) is 7.51. The average Bonchev–Trinajstić information content (AvgIpc) is 2.99. The Morgan fingerprint density at radius 1 is 1.12 bits per heavy atom. The summed E-state index contributed by atoms with van der Waals surface area (Å²) in [6.45, 7) is 2.76. The second kappa shape index (κ2) is 7.23. The van der Waals surface area contributed by atoms with Crippen molar-refractivity contribution in [3.63, 3.8) is 0 Å². The normalized spacial score (nSPS) is 10.4. The Morgan fingerprint density at radius 2 is 1.88 bits per heavy atom. The Labute approximate surface area is 145 Å². The van der Waals surface area contributed by atoms with Crippen molar-refractivity contribution in [2.24, 2.45) is 0 Å². The fourth-order valence-corrected chi connectivity index (χ4v) is 2.55. The maximum Gasteiger partial charge on any atom is 0.175 e. The summed E-state index contributed by atoms with van der Waals surface area (Å²) >= 11 is 5.21. The van der Waals surface area contributed by atoms with Crippen molar-refractivity contribution in [1.82, 2.24) is 9.78 Å². The summed E-state index contributed by atoms with van der Waals surface area (Å²) in [5, 5.41) is 10.5. The molecule has 24 heavy (non-hydrogen) atoms. The first-order valence-corrected chi connectivity index (χ1v) is 7.92. The molecule has 0 unspecified atom stereocenters. The molecule has 0 saturated carbocycles. The van der Waals surface area contributed by atoms with Gasteiger partial charge in [0, 0.05) is 6.20 Å². The van der Waals surface area contributed by atoms with Gasteiger partial charge in [-0.2, -0.15) is 5.10 Å². The number of anilines is 2. The standard InChI is InChI=1S/C18H17FN4S/c1-13-6-2-3-7-14(13)11-23-12-15(10-20-23)21-18(24)22-17-9-5-4-8-16(17)19/h2-10,12H,11H2,1H3,(H2,21,22,24). The summed E-state index contributed by atoms with van der Waals surface area (Å²) in [7, 11) is 0. The fourth-order valence-electron chi connectivity index (χ4n) is 2.32. The van der Waals surface area contributed by atoms with Gasteiger partial charge in [0.05, 0.1) is 24.1 Å². The summed E-state index contributed by atoms with van der Waals surface area (Å²) in [6.07, 6.45) is 3.55. The fraction of sp³-hybridized carbons (Fsp3) is 0.111. The molecule has 2 aromatic carbocycles. The zero-order valence-corrected chi connectivity index (χ0v) is 14.0. The molecule has 0 radical (unpaired) electrons. The number of hydrogen-bond donors (Lipinski definition) is 2.